The number of carbonyl (C=O) groups excluding carboxylic acids is 4. The fourth-order valence-corrected chi connectivity index (χ4v) is 2.64. The van der Waals surface area contributed by atoms with E-state index in [1.807, 2.05) is 0 Å². The van der Waals surface area contributed by atoms with Crippen LogP contribution in [0.5, 0.6) is 0 Å². The standard InChI is InChI=1S/C18H16N4O5/c23-14(19-20-15(24)11-21-9-4-3-7-16(21)25)8-10-22-17(26)12-5-1-2-6-13(12)18(22)27/h1-7,9H,8,10-11H2,(H,19,23)(H,20,24). The Balaban J connectivity index is 1.47. The third-order valence-electron chi connectivity index (χ3n) is 3.99. The second-order valence-corrected chi connectivity index (χ2v) is 5.82. The van der Waals surface area contributed by atoms with Crippen molar-refractivity contribution in [3.63, 3.8) is 0 Å². The van der Waals surface area contributed by atoms with Crippen LogP contribution in [0.1, 0.15) is 27.1 Å². The molecule has 9 heteroatoms. The molecule has 9 nitrogen and oxygen atoms in total. The van der Waals surface area contributed by atoms with Gasteiger partial charge >= 0.3 is 0 Å². The van der Waals surface area contributed by atoms with Crippen molar-refractivity contribution in [2.45, 2.75) is 13.0 Å². The fraction of sp³-hybridized carbons (Fsp3) is 0.167. The van der Waals surface area contributed by atoms with Gasteiger partial charge in [0.1, 0.15) is 6.54 Å². The largest absolute Gasteiger partial charge is 0.306 e. The number of carbonyl (C=O) groups is 4. The SMILES string of the molecule is O=C(CCN1C(=O)c2ccccc2C1=O)NNC(=O)Cn1ccccc1=O. The summed E-state index contributed by atoms with van der Waals surface area (Å²) in [6, 6.07) is 10.9. The molecule has 0 fully saturated rings. The van der Waals surface area contributed by atoms with E-state index >= 15 is 0 Å². The molecule has 0 saturated heterocycles. The zero-order chi connectivity index (χ0) is 19.4. The molecule has 27 heavy (non-hydrogen) atoms. The quantitative estimate of drug-likeness (QED) is 0.554. The van der Waals surface area contributed by atoms with E-state index < -0.39 is 23.6 Å². The minimum absolute atomic E-state index is 0.105. The van der Waals surface area contributed by atoms with E-state index in [2.05, 4.69) is 10.9 Å². The monoisotopic (exact) mass is 368 g/mol. The Morgan fingerprint density at radius 2 is 1.41 bits per heavy atom. The number of hydrogen-bond donors (Lipinski definition) is 2. The van der Waals surface area contributed by atoms with Crippen LogP contribution in [0.25, 0.3) is 0 Å². The van der Waals surface area contributed by atoms with Gasteiger partial charge in [0.2, 0.25) is 5.91 Å². The molecule has 1 aromatic heterocycles. The molecular formula is C18H16N4O5. The average Bonchev–Trinajstić information content (AvgIpc) is 2.91. The smallest absolute Gasteiger partial charge is 0.261 e. The summed E-state index contributed by atoms with van der Waals surface area (Å²) in [5, 5.41) is 0. The molecule has 1 aromatic carbocycles. The summed E-state index contributed by atoms with van der Waals surface area (Å²) >= 11 is 0. The summed E-state index contributed by atoms with van der Waals surface area (Å²) < 4.78 is 1.18. The van der Waals surface area contributed by atoms with Crippen molar-refractivity contribution in [2.24, 2.45) is 0 Å². The van der Waals surface area contributed by atoms with Gasteiger partial charge in [-0.05, 0) is 18.2 Å². The molecule has 0 saturated carbocycles. The van der Waals surface area contributed by atoms with Gasteiger partial charge in [-0.3, -0.25) is 39.7 Å². The first-order chi connectivity index (χ1) is 13.0. The summed E-state index contributed by atoms with van der Waals surface area (Å²) in [5.74, 6) is -2.05. The highest BCUT2D eigenvalue weighted by Gasteiger charge is 2.34. The van der Waals surface area contributed by atoms with Gasteiger partial charge in [-0.25, -0.2) is 0 Å². The minimum Gasteiger partial charge on any atom is -0.306 e. The van der Waals surface area contributed by atoms with Gasteiger partial charge in [-0.1, -0.05) is 18.2 Å². The number of benzene rings is 1. The third kappa shape index (κ3) is 3.92. The predicted molar refractivity (Wildman–Crippen MR) is 93.4 cm³/mol. The van der Waals surface area contributed by atoms with Gasteiger partial charge < -0.3 is 4.57 Å². The molecular weight excluding hydrogens is 352 g/mol. The minimum atomic E-state index is -0.586. The lowest BCUT2D eigenvalue weighted by molar-refractivity contribution is -0.129. The molecule has 0 radical (unpaired) electrons. The molecule has 0 aliphatic carbocycles. The van der Waals surface area contributed by atoms with Crippen molar-refractivity contribution in [1.29, 1.82) is 0 Å². The predicted octanol–water partition coefficient (Wildman–Crippen LogP) is -0.318. The molecule has 3 rings (SSSR count). The fourth-order valence-electron chi connectivity index (χ4n) is 2.64. The number of amides is 4. The highest BCUT2D eigenvalue weighted by Crippen LogP contribution is 2.22. The maximum Gasteiger partial charge on any atom is 0.261 e. The van der Waals surface area contributed by atoms with Gasteiger partial charge in [0.05, 0.1) is 11.1 Å². The van der Waals surface area contributed by atoms with Crippen LogP contribution >= 0.6 is 0 Å². The van der Waals surface area contributed by atoms with E-state index in [1.165, 1.54) is 16.8 Å². The van der Waals surface area contributed by atoms with E-state index in [1.54, 1.807) is 36.4 Å². The second kappa shape index (κ2) is 7.65. The number of nitrogens with one attached hydrogen (secondary N) is 2. The second-order valence-electron chi connectivity index (χ2n) is 5.82. The number of fused-ring (bicyclic) bond motifs is 1. The first kappa shape index (κ1) is 18.1. The Bertz CT molecular complexity index is 946. The molecule has 1 aliphatic heterocycles. The lowest BCUT2D eigenvalue weighted by Gasteiger charge is -2.14. The van der Waals surface area contributed by atoms with Crippen LogP contribution in [0.15, 0.2) is 53.5 Å². The number of nitrogens with zero attached hydrogens (tertiary/aromatic N) is 2. The van der Waals surface area contributed by atoms with Gasteiger partial charge in [-0.2, -0.15) is 0 Å². The normalized spacial score (nSPS) is 12.7. The van der Waals surface area contributed by atoms with Crippen LogP contribution in [0, 0.1) is 0 Å². The number of pyridine rings is 1. The van der Waals surface area contributed by atoms with Crippen LogP contribution in [-0.4, -0.2) is 39.6 Å². The van der Waals surface area contributed by atoms with Crippen molar-refractivity contribution in [2.75, 3.05) is 6.54 Å². The molecule has 2 heterocycles. The Labute approximate surface area is 153 Å². The Morgan fingerprint density at radius 3 is 2.04 bits per heavy atom. The first-order valence-electron chi connectivity index (χ1n) is 8.16. The van der Waals surface area contributed by atoms with E-state index in [-0.39, 0.29) is 25.1 Å². The maximum absolute atomic E-state index is 12.2. The van der Waals surface area contributed by atoms with E-state index in [0.29, 0.717) is 11.1 Å². The molecule has 0 bridgehead atoms. The number of hydrazine groups is 1. The van der Waals surface area contributed by atoms with Crippen molar-refractivity contribution >= 4 is 23.6 Å². The van der Waals surface area contributed by atoms with Gasteiger partial charge in [-0.15, -0.1) is 0 Å². The summed E-state index contributed by atoms with van der Waals surface area (Å²) in [6.07, 6.45) is 1.28. The molecule has 4 amide bonds. The Morgan fingerprint density at radius 1 is 0.815 bits per heavy atom. The highest BCUT2D eigenvalue weighted by atomic mass is 16.2. The van der Waals surface area contributed by atoms with Crippen LogP contribution in [0.3, 0.4) is 0 Å². The van der Waals surface area contributed by atoms with Crippen LogP contribution in [0.2, 0.25) is 0 Å². The van der Waals surface area contributed by atoms with E-state index in [0.717, 1.165) is 4.90 Å². The van der Waals surface area contributed by atoms with E-state index in [4.69, 9.17) is 0 Å². The van der Waals surface area contributed by atoms with Crippen LogP contribution in [-0.2, 0) is 16.1 Å². The number of imide groups is 1. The van der Waals surface area contributed by atoms with Crippen molar-refractivity contribution in [3.05, 3.63) is 70.1 Å². The molecule has 0 spiro atoms. The summed E-state index contributed by atoms with van der Waals surface area (Å²) in [4.78, 5) is 60.5. The third-order valence-corrected chi connectivity index (χ3v) is 3.99. The Hall–Kier alpha value is -3.75. The van der Waals surface area contributed by atoms with Crippen LogP contribution in [0.4, 0.5) is 0 Å². The number of hydrogen-bond acceptors (Lipinski definition) is 5. The van der Waals surface area contributed by atoms with Gasteiger partial charge in [0.15, 0.2) is 0 Å². The highest BCUT2D eigenvalue weighted by molar-refractivity contribution is 6.21. The number of rotatable bonds is 5. The topological polar surface area (TPSA) is 118 Å². The summed E-state index contributed by atoms with van der Waals surface area (Å²) in [6.45, 7) is -0.357. The number of aromatic nitrogens is 1. The zero-order valence-electron chi connectivity index (χ0n) is 14.2. The first-order valence-corrected chi connectivity index (χ1v) is 8.16. The summed E-state index contributed by atoms with van der Waals surface area (Å²) in [5.41, 5.74) is 4.66. The maximum atomic E-state index is 12.2. The lowest BCUT2D eigenvalue weighted by Crippen LogP contribution is -2.45. The van der Waals surface area contributed by atoms with Crippen molar-refractivity contribution in [1.82, 2.24) is 20.3 Å². The lowest BCUT2D eigenvalue weighted by atomic mass is 10.1. The van der Waals surface area contributed by atoms with Gasteiger partial charge in [0, 0.05) is 25.2 Å². The molecule has 138 valence electrons. The molecule has 2 aromatic rings. The molecule has 2 N–H and O–H groups in total. The summed E-state index contributed by atoms with van der Waals surface area (Å²) in [7, 11) is 0. The molecule has 0 unspecified atom stereocenters. The zero-order valence-corrected chi connectivity index (χ0v) is 14.2. The van der Waals surface area contributed by atoms with Crippen molar-refractivity contribution < 1.29 is 19.2 Å². The molecule has 1 aliphatic rings. The average molecular weight is 368 g/mol. The van der Waals surface area contributed by atoms with Crippen LogP contribution < -0.4 is 16.4 Å². The Kier molecular flexibility index (Phi) is 5.11. The molecule has 0 atom stereocenters. The van der Waals surface area contributed by atoms with Crippen molar-refractivity contribution in [3.8, 4) is 0 Å². The van der Waals surface area contributed by atoms with Gasteiger partial charge in [0.25, 0.3) is 23.3 Å². The van der Waals surface area contributed by atoms with E-state index in [9.17, 15) is 24.0 Å².